The summed E-state index contributed by atoms with van der Waals surface area (Å²) in [5, 5.41) is 1.34. The molecule has 2 aromatic heterocycles. The van der Waals surface area contributed by atoms with Crippen LogP contribution in [0.4, 0.5) is 0 Å². The Kier molecular flexibility index (Phi) is 2.40. The predicted molar refractivity (Wildman–Crippen MR) is 61.0 cm³/mol. The first-order chi connectivity index (χ1) is 7.06. The number of rotatable bonds is 2. The molecule has 0 spiro atoms. The molecule has 80 valence electrons. The zero-order valence-electron chi connectivity index (χ0n) is 8.71. The summed E-state index contributed by atoms with van der Waals surface area (Å²) in [6, 6.07) is 0. The normalized spacial score (nSPS) is 12.3. The zero-order valence-corrected chi connectivity index (χ0v) is 9.47. The number of fused-ring (bicyclic) bond motifs is 1. The summed E-state index contributed by atoms with van der Waals surface area (Å²) in [7, 11) is 0. The number of halogens is 1. The zero-order chi connectivity index (χ0) is 11.1. The van der Waals surface area contributed by atoms with E-state index in [1.54, 1.807) is 0 Å². The highest BCUT2D eigenvalue weighted by molar-refractivity contribution is 6.34. The Balaban J connectivity index is 2.73. The first-order valence-corrected chi connectivity index (χ1v) is 5.12. The van der Waals surface area contributed by atoms with Crippen LogP contribution in [0.15, 0.2) is 12.5 Å². The van der Waals surface area contributed by atoms with Crippen molar-refractivity contribution in [3.63, 3.8) is 0 Å². The minimum atomic E-state index is -0.132. The van der Waals surface area contributed by atoms with E-state index in [4.69, 9.17) is 17.3 Å². The lowest BCUT2D eigenvalue weighted by Gasteiger charge is -2.21. The standard InChI is InChI=1S/C10H13ClN4/c1-10(2,4-12)6-3-13-9-7(6)8(11)14-5-15-9/h3,5H,4,12H2,1-2H3,(H,13,14,15). The fourth-order valence-electron chi connectivity index (χ4n) is 1.57. The first-order valence-electron chi connectivity index (χ1n) is 4.74. The molecule has 0 atom stereocenters. The van der Waals surface area contributed by atoms with Crippen molar-refractivity contribution in [2.24, 2.45) is 5.73 Å². The molecule has 3 N–H and O–H groups in total. The number of hydrogen-bond acceptors (Lipinski definition) is 3. The smallest absolute Gasteiger partial charge is 0.142 e. The topological polar surface area (TPSA) is 67.6 Å². The molecule has 0 amide bonds. The van der Waals surface area contributed by atoms with Gasteiger partial charge in [-0.3, -0.25) is 0 Å². The molecule has 0 saturated heterocycles. The molecule has 2 rings (SSSR count). The molecule has 0 aliphatic rings. The summed E-state index contributed by atoms with van der Waals surface area (Å²) in [5.74, 6) is 0. The number of nitrogens with zero attached hydrogens (tertiary/aromatic N) is 2. The van der Waals surface area contributed by atoms with Gasteiger partial charge in [-0.1, -0.05) is 25.4 Å². The lowest BCUT2D eigenvalue weighted by atomic mass is 9.85. The van der Waals surface area contributed by atoms with Crippen LogP contribution in [-0.2, 0) is 5.41 Å². The molecule has 0 bridgehead atoms. The van der Waals surface area contributed by atoms with Crippen LogP contribution in [0.25, 0.3) is 11.0 Å². The third-order valence-corrected chi connectivity index (χ3v) is 2.95. The molecule has 15 heavy (non-hydrogen) atoms. The van der Waals surface area contributed by atoms with Gasteiger partial charge in [-0.15, -0.1) is 0 Å². The summed E-state index contributed by atoms with van der Waals surface area (Å²) in [5.41, 5.74) is 7.43. The third-order valence-electron chi connectivity index (χ3n) is 2.66. The van der Waals surface area contributed by atoms with Crippen LogP contribution in [-0.4, -0.2) is 21.5 Å². The van der Waals surface area contributed by atoms with Gasteiger partial charge in [0.25, 0.3) is 0 Å². The summed E-state index contributed by atoms with van der Waals surface area (Å²) in [4.78, 5) is 11.2. The van der Waals surface area contributed by atoms with Crippen molar-refractivity contribution in [3.8, 4) is 0 Å². The highest BCUT2D eigenvalue weighted by Gasteiger charge is 2.24. The second-order valence-electron chi connectivity index (χ2n) is 4.18. The molecule has 0 fully saturated rings. The van der Waals surface area contributed by atoms with Crippen molar-refractivity contribution < 1.29 is 0 Å². The molecule has 0 aliphatic carbocycles. The fraction of sp³-hybridized carbons (Fsp3) is 0.400. The van der Waals surface area contributed by atoms with Crippen LogP contribution in [0.2, 0.25) is 5.15 Å². The van der Waals surface area contributed by atoms with Gasteiger partial charge in [-0.2, -0.15) is 0 Å². The van der Waals surface area contributed by atoms with E-state index in [2.05, 4.69) is 28.8 Å². The van der Waals surface area contributed by atoms with E-state index in [0.29, 0.717) is 11.7 Å². The van der Waals surface area contributed by atoms with E-state index in [1.165, 1.54) is 6.33 Å². The summed E-state index contributed by atoms with van der Waals surface area (Å²) in [6.07, 6.45) is 3.35. The Bertz CT molecular complexity index is 489. The fourth-order valence-corrected chi connectivity index (χ4v) is 1.80. The minimum Gasteiger partial charge on any atom is -0.346 e. The third kappa shape index (κ3) is 1.60. The first kappa shape index (κ1) is 10.4. The number of aromatic amines is 1. The Labute approximate surface area is 92.9 Å². The number of nitrogens with one attached hydrogen (secondary N) is 1. The average Bonchev–Trinajstić information content (AvgIpc) is 2.63. The van der Waals surface area contributed by atoms with E-state index in [9.17, 15) is 0 Å². The molecule has 2 aromatic rings. The van der Waals surface area contributed by atoms with Crippen molar-refractivity contribution in [2.75, 3.05) is 6.54 Å². The molecule has 2 heterocycles. The van der Waals surface area contributed by atoms with Gasteiger partial charge in [-0.05, 0) is 5.56 Å². The second kappa shape index (κ2) is 3.47. The average molecular weight is 225 g/mol. The van der Waals surface area contributed by atoms with Crippen LogP contribution in [0.1, 0.15) is 19.4 Å². The molecular formula is C10H13ClN4. The molecule has 5 heteroatoms. The van der Waals surface area contributed by atoms with Crippen LogP contribution in [0.3, 0.4) is 0 Å². The van der Waals surface area contributed by atoms with Crippen molar-refractivity contribution >= 4 is 22.6 Å². The van der Waals surface area contributed by atoms with E-state index < -0.39 is 0 Å². The highest BCUT2D eigenvalue weighted by Crippen LogP contribution is 2.31. The maximum absolute atomic E-state index is 6.05. The number of H-pyrrole nitrogens is 1. The summed E-state index contributed by atoms with van der Waals surface area (Å²) >= 11 is 6.05. The SMILES string of the molecule is CC(C)(CN)c1c[nH]c2ncnc(Cl)c12. The van der Waals surface area contributed by atoms with Gasteiger partial charge in [0, 0.05) is 18.2 Å². The Morgan fingerprint density at radius 3 is 2.87 bits per heavy atom. The molecule has 0 unspecified atom stereocenters. The second-order valence-corrected chi connectivity index (χ2v) is 4.54. The van der Waals surface area contributed by atoms with Gasteiger partial charge in [-0.25, -0.2) is 9.97 Å². The van der Waals surface area contributed by atoms with Crippen molar-refractivity contribution in [1.82, 2.24) is 15.0 Å². The number of aromatic nitrogens is 3. The van der Waals surface area contributed by atoms with Crippen LogP contribution < -0.4 is 5.73 Å². The molecule has 0 radical (unpaired) electrons. The van der Waals surface area contributed by atoms with Crippen molar-refractivity contribution in [2.45, 2.75) is 19.3 Å². The van der Waals surface area contributed by atoms with Gasteiger partial charge in [0.05, 0.1) is 5.39 Å². The van der Waals surface area contributed by atoms with E-state index in [-0.39, 0.29) is 5.41 Å². The van der Waals surface area contributed by atoms with E-state index >= 15 is 0 Å². The number of nitrogens with two attached hydrogens (primary N) is 1. The van der Waals surface area contributed by atoms with Crippen LogP contribution in [0, 0.1) is 0 Å². The van der Waals surface area contributed by atoms with Gasteiger partial charge >= 0.3 is 0 Å². The minimum absolute atomic E-state index is 0.132. The van der Waals surface area contributed by atoms with Crippen LogP contribution in [0.5, 0.6) is 0 Å². The molecule has 0 aliphatic heterocycles. The quantitative estimate of drug-likeness (QED) is 0.765. The van der Waals surface area contributed by atoms with Crippen LogP contribution >= 0.6 is 11.6 Å². The Hall–Kier alpha value is -1.13. The summed E-state index contributed by atoms with van der Waals surface area (Å²) < 4.78 is 0. The molecule has 0 aromatic carbocycles. The predicted octanol–water partition coefficient (Wildman–Crippen LogP) is 1.85. The number of hydrogen-bond donors (Lipinski definition) is 2. The maximum atomic E-state index is 6.05. The van der Waals surface area contributed by atoms with Gasteiger partial charge in [0.2, 0.25) is 0 Å². The molecule has 0 saturated carbocycles. The Morgan fingerprint density at radius 2 is 2.20 bits per heavy atom. The van der Waals surface area contributed by atoms with Gasteiger partial charge < -0.3 is 10.7 Å². The van der Waals surface area contributed by atoms with Crippen molar-refractivity contribution in [1.29, 1.82) is 0 Å². The van der Waals surface area contributed by atoms with E-state index in [0.717, 1.165) is 16.6 Å². The van der Waals surface area contributed by atoms with Crippen molar-refractivity contribution in [3.05, 3.63) is 23.2 Å². The van der Waals surface area contributed by atoms with Gasteiger partial charge in [0.15, 0.2) is 0 Å². The maximum Gasteiger partial charge on any atom is 0.142 e. The lowest BCUT2D eigenvalue weighted by molar-refractivity contribution is 0.543. The highest BCUT2D eigenvalue weighted by atomic mass is 35.5. The lowest BCUT2D eigenvalue weighted by Crippen LogP contribution is -2.27. The molecular weight excluding hydrogens is 212 g/mol. The largest absolute Gasteiger partial charge is 0.346 e. The summed E-state index contributed by atoms with van der Waals surface area (Å²) in [6.45, 7) is 4.68. The van der Waals surface area contributed by atoms with Gasteiger partial charge in [0.1, 0.15) is 17.1 Å². The monoisotopic (exact) mass is 224 g/mol. The Morgan fingerprint density at radius 1 is 1.47 bits per heavy atom. The molecule has 4 nitrogen and oxygen atoms in total. The van der Waals surface area contributed by atoms with E-state index in [1.807, 2.05) is 6.20 Å².